The van der Waals surface area contributed by atoms with E-state index in [2.05, 4.69) is 15.4 Å². The highest BCUT2D eigenvalue weighted by Crippen LogP contribution is 2.26. The molecular weight excluding hydrogens is 509 g/mol. The molecule has 0 saturated carbocycles. The van der Waals surface area contributed by atoms with Crippen LogP contribution in [0, 0.1) is 6.92 Å². The van der Waals surface area contributed by atoms with Crippen LogP contribution in [-0.4, -0.2) is 47.2 Å². The largest absolute Gasteiger partial charge is 0.573 e. The second-order valence-corrected chi connectivity index (χ2v) is 8.19. The summed E-state index contributed by atoms with van der Waals surface area (Å²) in [6.45, 7) is 1.85. The topological polar surface area (TPSA) is 116 Å². The van der Waals surface area contributed by atoms with Gasteiger partial charge in [-0.05, 0) is 24.6 Å². The molecule has 0 spiro atoms. The summed E-state index contributed by atoms with van der Waals surface area (Å²) in [6, 6.07) is 12.6. The lowest BCUT2D eigenvalue weighted by atomic mass is 10.1. The Kier molecular flexibility index (Phi) is 9.79. The Morgan fingerprint density at radius 1 is 1.00 bits per heavy atom. The molecular formula is C25H29F3N4O6. The van der Waals surface area contributed by atoms with Crippen LogP contribution in [0.5, 0.6) is 11.5 Å². The Labute approximate surface area is 216 Å². The number of nitrogens with zero attached hydrogens (tertiary/aromatic N) is 2. The minimum absolute atomic E-state index is 0.0342. The first-order valence-electron chi connectivity index (χ1n) is 11.6. The minimum atomic E-state index is -4.85. The van der Waals surface area contributed by atoms with E-state index in [1.165, 1.54) is 23.7 Å². The summed E-state index contributed by atoms with van der Waals surface area (Å²) in [7, 11) is 1.46. The fourth-order valence-electron chi connectivity index (χ4n) is 3.50. The highest BCUT2D eigenvalue weighted by Gasteiger charge is 2.31. The number of halogens is 3. The molecule has 1 aromatic heterocycles. The number of nitrogens with one attached hydrogen (secondary N) is 2. The number of hydrogen-bond donors (Lipinski definition) is 3. The SMILES string of the molecule is Cc1ccc(CNc2c(NCOc3cccc(OC(F)(F)F)c3)n(C)c(=O)n(CCOCCO)c2=O)cc1. The molecule has 3 N–H and O–H groups in total. The Bertz CT molecular complexity index is 1320. The second kappa shape index (κ2) is 13.0. The molecule has 206 valence electrons. The molecule has 0 unspecified atom stereocenters. The zero-order chi connectivity index (χ0) is 27.7. The number of alkyl halides is 3. The molecule has 0 aliphatic carbocycles. The van der Waals surface area contributed by atoms with Gasteiger partial charge in [0.25, 0.3) is 5.56 Å². The lowest BCUT2D eigenvalue weighted by Crippen LogP contribution is -2.42. The average Bonchev–Trinajstić information content (AvgIpc) is 2.86. The lowest BCUT2D eigenvalue weighted by molar-refractivity contribution is -0.274. The van der Waals surface area contributed by atoms with Crippen molar-refractivity contribution in [2.45, 2.75) is 26.4 Å². The van der Waals surface area contributed by atoms with E-state index < -0.39 is 23.4 Å². The predicted octanol–water partition coefficient (Wildman–Crippen LogP) is 2.82. The van der Waals surface area contributed by atoms with Crippen LogP contribution in [0.4, 0.5) is 24.7 Å². The van der Waals surface area contributed by atoms with Gasteiger partial charge in [0, 0.05) is 19.7 Å². The molecule has 13 heteroatoms. The molecule has 0 fully saturated rings. The maximum atomic E-state index is 13.3. The standard InChI is InChI=1S/C25H29F3N4O6/c1-17-6-8-18(9-7-17)15-29-21-22(31(2)24(35)32(23(21)34)10-12-36-13-11-33)30-16-37-19-4-3-5-20(14-19)38-25(26,27)28/h3-9,14,29-30,33H,10-13,15-16H2,1-2H3. The van der Waals surface area contributed by atoms with Gasteiger partial charge >= 0.3 is 12.1 Å². The van der Waals surface area contributed by atoms with Crippen molar-refractivity contribution in [1.29, 1.82) is 0 Å². The van der Waals surface area contributed by atoms with Crippen LogP contribution < -0.4 is 31.4 Å². The van der Waals surface area contributed by atoms with E-state index in [0.717, 1.165) is 27.8 Å². The molecule has 0 radical (unpaired) electrons. The molecule has 0 atom stereocenters. The Morgan fingerprint density at radius 2 is 1.71 bits per heavy atom. The Hall–Kier alpha value is -3.97. The zero-order valence-corrected chi connectivity index (χ0v) is 20.9. The minimum Gasteiger partial charge on any atom is -0.473 e. The van der Waals surface area contributed by atoms with Crippen molar-refractivity contribution < 1.29 is 32.5 Å². The summed E-state index contributed by atoms with van der Waals surface area (Å²) in [5.74, 6) is -0.246. The van der Waals surface area contributed by atoms with Crippen molar-refractivity contribution in [3.05, 3.63) is 80.5 Å². The van der Waals surface area contributed by atoms with Gasteiger partial charge in [-0.15, -0.1) is 13.2 Å². The van der Waals surface area contributed by atoms with Gasteiger partial charge in [-0.3, -0.25) is 13.9 Å². The van der Waals surface area contributed by atoms with Gasteiger partial charge in [-0.25, -0.2) is 4.79 Å². The predicted molar refractivity (Wildman–Crippen MR) is 135 cm³/mol. The van der Waals surface area contributed by atoms with E-state index in [-0.39, 0.29) is 56.9 Å². The van der Waals surface area contributed by atoms with Crippen LogP contribution in [0.15, 0.2) is 58.1 Å². The van der Waals surface area contributed by atoms with Crippen molar-refractivity contribution in [1.82, 2.24) is 9.13 Å². The van der Waals surface area contributed by atoms with Gasteiger partial charge in [0.15, 0.2) is 6.73 Å². The molecule has 0 aliphatic heterocycles. The first-order chi connectivity index (χ1) is 18.1. The fourth-order valence-corrected chi connectivity index (χ4v) is 3.50. The van der Waals surface area contributed by atoms with E-state index in [0.29, 0.717) is 0 Å². The molecule has 0 amide bonds. The Morgan fingerprint density at radius 3 is 2.39 bits per heavy atom. The highest BCUT2D eigenvalue weighted by atomic mass is 19.4. The van der Waals surface area contributed by atoms with Crippen LogP contribution in [0.25, 0.3) is 0 Å². The van der Waals surface area contributed by atoms with Crippen LogP contribution in [0.2, 0.25) is 0 Å². The quantitative estimate of drug-likeness (QED) is 0.225. The zero-order valence-electron chi connectivity index (χ0n) is 20.9. The van der Waals surface area contributed by atoms with Gasteiger partial charge in [0.05, 0.1) is 26.4 Å². The molecule has 0 saturated heterocycles. The first kappa shape index (κ1) is 28.6. The van der Waals surface area contributed by atoms with Crippen molar-refractivity contribution >= 4 is 11.5 Å². The molecule has 3 aromatic rings. The number of benzene rings is 2. The Balaban J connectivity index is 1.83. The van der Waals surface area contributed by atoms with Gasteiger partial charge in [-0.2, -0.15) is 0 Å². The van der Waals surface area contributed by atoms with Crippen molar-refractivity contribution in [2.75, 3.05) is 37.2 Å². The lowest BCUT2D eigenvalue weighted by Gasteiger charge is -2.19. The molecule has 0 bridgehead atoms. The average molecular weight is 539 g/mol. The van der Waals surface area contributed by atoms with Crippen LogP contribution in [-0.2, 0) is 24.9 Å². The third-order valence-corrected chi connectivity index (χ3v) is 5.35. The maximum Gasteiger partial charge on any atom is 0.573 e. The number of hydrogen-bond acceptors (Lipinski definition) is 8. The maximum absolute atomic E-state index is 13.3. The van der Waals surface area contributed by atoms with E-state index in [1.807, 2.05) is 31.2 Å². The summed E-state index contributed by atoms with van der Waals surface area (Å²) in [5.41, 5.74) is 0.839. The van der Waals surface area contributed by atoms with Gasteiger partial charge in [-0.1, -0.05) is 35.9 Å². The van der Waals surface area contributed by atoms with Crippen molar-refractivity contribution in [3.8, 4) is 11.5 Å². The number of aromatic nitrogens is 2. The van der Waals surface area contributed by atoms with Gasteiger partial charge < -0.3 is 30.0 Å². The number of rotatable bonds is 13. The number of ether oxygens (including phenoxy) is 3. The summed E-state index contributed by atoms with van der Waals surface area (Å²) in [6.07, 6.45) is -4.85. The monoisotopic (exact) mass is 538 g/mol. The third kappa shape index (κ3) is 8.02. The highest BCUT2D eigenvalue weighted by molar-refractivity contribution is 5.63. The summed E-state index contributed by atoms with van der Waals surface area (Å²) < 4.78 is 54.4. The molecule has 10 nitrogen and oxygen atoms in total. The van der Waals surface area contributed by atoms with E-state index in [4.69, 9.17) is 14.6 Å². The van der Waals surface area contributed by atoms with E-state index >= 15 is 0 Å². The summed E-state index contributed by atoms with van der Waals surface area (Å²) in [5, 5.41) is 14.8. The summed E-state index contributed by atoms with van der Waals surface area (Å²) >= 11 is 0. The number of anilines is 2. The molecule has 1 heterocycles. The first-order valence-corrected chi connectivity index (χ1v) is 11.6. The van der Waals surface area contributed by atoms with Crippen molar-refractivity contribution in [3.63, 3.8) is 0 Å². The van der Waals surface area contributed by atoms with Crippen LogP contribution >= 0.6 is 0 Å². The normalized spacial score (nSPS) is 11.3. The van der Waals surface area contributed by atoms with Crippen LogP contribution in [0.3, 0.4) is 0 Å². The number of aryl methyl sites for hydroxylation is 1. The third-order valence-electron chi connectivity index (χ3n) is 5.35. The van der Waals surface area contributed by atoms with E-state index in [9.17, 15) is 22.8 Å². The molecule has 3 rings (SSSR count). The molecule has 38 heavy (non-hydrogen) atoms. The number of aliphatic hydroxyl groups excluding tert-OH is 1. The van der Waals surface area contributed by atoms with E-state index in [1.54, 1.807) is 0 Å². The van der Waals surface area contributed by atoms with Crippen LogP contribution in [0.1, 0.15) is 11.1 Å². The number of aliphatic hydroxyl groups is 1. The van der Waals surface area contributed by atoms with Crippen molar-refractivity contribution in [2.24, 2.45) is 7.05 Å². The second-order valence-electron chi connectivity index (χ2n) is 8.19. The smallest absolute Gasteiger partial charge is 0.473 e. The summed E-state index contributed by atoms with van der Waals surface area (Å²) in [4.78, 5) is 26.2. The van der Waals surface area contributed by atoms with Gasteiger partial charge in [0.1, 0.15) is 23.0 Å². The van der Waals surface area contributed by atoms with Gasteiger partial charge in [0.2, 0.25) is 0 Å². The fraction of sp³-hybridized carbons (Fsp3) is 0.360. The molecule has 2 aromatic carbocycles. The molecule has 0 aliphatic rings.